The third kappa shape index (κ3) is 5.72. The van der Waals surface area contributed by atoms with Gasteiger partial charge >= 0.3 is 0 Å². The number of halogens is 1. The molecule has 0 heterocycles. The molecule has 1 atom stereocenters. The molecule has 4 aliphatic rings. The van der Waals surface area contributed by atoms with Gasteiger partial charge in [-0.2, -0.15) is 0 Å². The van der Waals surface area contributed by atoms with Crippen molar-refractivity contribution in [3.63, 3.8) is 0 Å². The number of carbonyl (C=O) groups is 1. The SMILES string of the molecule is COc1cc(CNC(C)C23CC4CC(CC(C4)C2)C3)ccc1OCC(=O)NC(C)(C)C.Cl. The molecule has 2 N–H and O–H groups in total. The van der Waals surface area contributed by atoms with Gasteiger partial charge in [0, 0.05) is 18.1 Å². The third-order valence-electron chi connectivity index (χ3n) is 7.72. The predicted molar refractivity (Wildman–Crippen MR) is 131 cm³/mol. The first-order valence-corrected chi connectivity index (χ1v) is 12.0. The average Bonchev–Trinajstić information content (AvgIpc) is 2.68. The van der Waals surface area contributed by atoms with E-state index in [4.69, 9.17) is 9.47 Å². The average molecular weight is 465 g/mol. The number of rotatable bonds is 8. The first-order chi connectivity index (χ1) is 14.7. The van der Waals surface area contributed by atoms with Gasteiger partial charge in [-0.3, -0.25) is 4.79 Å². The van der Waals surface area contributed by atoms with Crippen molar-refractivity contribution in [2.75, 3.05) is 13.7 Å². The first-order valence-electron chi connectivity index (χ1n) is 12.0. The lowest BCUT2D eigenvalue weighted by atomic mass is 9.48. The van der Waals surface area contributed by atoms with Gasteiger partial charge in [-0.1, -0.05) is 6.07 Å². The number of nitrogens with one attached hydrogen (secondary N) is 2. The lowest BCUT2D eigenvalue weighted by Gasteiger charge is -2.59. The van der Waals surface area contributed by atoms with Crippen LogP contribution in [0.2, 0.25) is 0 Å². The second-order valence-corrected chi connectivity index (χ2v) is 11.5. The summed E-state index contributed by atoms with van der Waals surface area (Å²) >= 11 is 0. The van der Waals surface area contributed by atoms with Gasteiger partial charge in [0.1, 0.15) is 0 Å². The summed E-state index contributed by atoms with van der Waals surface area (Å²) in [5, 5.41) is 6.75. The summed E-state index contributed by atoms with van der Waals surface area (Å²) in [5.41, 5.74) is 1.41. The summed E-state index contributed by atoms with van der Waals surface area (Å²) < 4.78 is 11.3. The van der Waals surface area contributed by atoms with Gasteiger partial charge in [-0.25, -0.2) is 0 Å². The van der Waals surface area contributed by atoms with Crippen molar-refractivity contribution < 1.29 is 14.3 Å². The summed E-state index contributed by atoms with van der Waals surface area (Å²) in [7, 11) is 1.65. The van der Waals surface area contributed by atoms with Crippen LogP contribution in [-0.2, 0) is 11.3 Å². The minimum Gasteiger partial charge on any atom is -0.493 e. The van der Waals surface area contributed by atoms with E-state index in [0.29, 0.717) is 23.0 Å². The Balaban J connectivity index is 0.00000289. The molecule has 1 amide bonds. The van der Waals surface area contributed by atoms with Gasteiger partial charge in [0.2, 0.25) is 0 Å². The van der Waals surface area contributed by atoms with Crippen LogP contribution in [0.1, 0.15) is 71.8 Å². The Morgan fingerprint density at radius 3 is 2.22 bits per heavy atom. The molecule has 0 aromatic heterocycles. The predicted octanol–water partition coefficient (Wildman–Crippen LogP) is 5.11. The molecule has 4 aliphatic carbocycles. The fourth-order valence-corrected chi connectivity index (χ4v) is 6.73. The third-order valence-corrected chi connectivity index (χ3v) is 7.72. The van der Waals surface area contributed by atoms with Crippen LogP contribution in [-0.4, -0.2) is 31.2 Å². The standard InChI is InChI=1S/C26H40N2O3.ClH/c1-17(26-12-19-8-20(13-26)10-21(9-19)14-26)27-15-18-6-7-22(23(11-18)30-5)31-16-24(29)28-25(2,3)4;/h6-7,11,17,19-21,27H,8-10,12-16H2,1-5H3,(H,28,29);1H. The maximum Gasteiger partial charge on any atom is 0.258 e. The monoisotopic (exact) mass is 464 g/mol. The molecule has 6 heteroatoms. The zero-order chi connectivity index (χ0) is 22.2. The lowest BCUT2D eigenvalue weighted by molar-refractivity contribution is -0.124. The molecule has 1 unspecified atom stereocenters. The number of hydrogen-bond donors (Lipinski definition) is 2. The van der Waals surface area contributed by atoms with E-state index in [2.05, 4.69) is 23.6 Å². The summed E-state index contributed by atoms with van der Waals surface area (Å²) in [6, 6.07) is 6.54. The van der Waals surface area contributed by atoms with E-state index in [1.807, 2.05) is 32.9 Å². The van der Waals surface area contributed by atoms with Crippen LogP contribution in [0.3, 0.4) is 0 Å². The summed E-state index contributed by atoms with van der Waals surface area (Å²) in [5.74, 6) is 4.06. The van der Waals surface area contributed by atoms with Crippen molar-refractivity contribution in [2.24, 2.45) is 23.2 Å². The van der Waals surface area contributed by atoms with E-state index in [9.17, 15) is 4.79 Å². The summed E-state index contributed by atoms with van der Waals surface area (Å²) in [6.45, 7) is 9.07. The van der Waals surface area contributed by atoms with Crippen LogP contribution < -0.4 is 20.1 Å². The van der Waals surface area contributed by atoms with Crippen molar-refractivity contribution in [3.05, 3.63) is 23.8 Å². The number of methoxy groups -OCH3 is 1. The van der Waals surface area contributed by atoms with Crippen LogP contribution in [0.25, 0.3) is 0 Å². The molecule has 0 saturated heterocycles. The van der Waals surface area contributed by atoms with E-state index in [1.54, 1.807) is 7.11 Å². The lowest BCUT2D eigenvalue weighted by Crippen LogP contribution is -2.54. The molecule has 4 bridgehead atoms. The Kier molecular flexibility index (Phi) is 7.71. The number of amides is 1. The highest BCUT2D eigenvalue weighted by molar-refractivity contribution is 5.85. The number of ether oxygens (including phenoxy) is 2. The largest absolute Gasteiger partial charge is 0.493 e. The Labute approximate surface area is 199 Å². The van der Waals surface area contributed by atoms with Gasteiger partial charge in [0.25, 0.3) is 5.91 Å². The Bertz CT molecular complexity index is 769. The molecule has 0 spiro atoms. The first kappa shape index (κ1) is 25.2. The van der Waals surface area contributed by atoms with Crippen LogP contribution in [0.4, 0.5) is 0 Å². The second kappa shape index (κ2) is 9.80. The molecule has 32 heavy (non-hydrogen) atoms. The Hall–Kier alpha value is -1.46. The van der Waals surface area contributed by atoms with Crippen LogP contribution in [0, 0.1) is 23.2 Å². The van der Waals surface area contributed by atoms with Crippen LogP contribution in [0.5, 0.6) is 11.5 Å². The second-order valence-electron chi connectivity index (χ2n) is 11.5. The quantitative estimate of drug-likeness (QED) is 0.561. The molecule has 5 rings (SSSR count). The van der Waals surface area contributed by atoms with Gasteiger partial charge in [-0.05, 0) is 107 Å². The molecule has 1 aromatic rings. The molecule has 1 aromatic carbocycles. The van der Waals surface area contributed by atoms with E-state index in [0.717, 1.165) is 24.3 Å². The fourth-order valence-electron chi connectivity index (χ4n) is 6.73. The zero-order valence-electron chi connectivity index (χ0n) is 20.3. The molecular weight excluding hydrogens is 424 g/mol. The topological polar surface area (TPSA) is 59.6 Å². The Morgan fingerprint density at radius 2 is 1.69 bits per heavy atom. The van der Waals surface area contributed by atoms with E-state index in [1.165, 1.54) is 44.1 Å². The highest BCUT2D eigenvalue weighted by atomic mass is 35.5. The van der Waals surface area contributed by atoms with Crippen molar-refractivity contribution in [2.45, 2.75) is 84.3 Å². The van der Waals surface area contributed by atoms with Gasteiger partial charge in [-0.15, -0.1) is 12.4 Å². The number of benzene rings is 1. The van der Waals surface area contributed by atoms with Crippen molar-refractivity contribution in [1.29, 1.82) is 0 Å². The zero-order valence-corrected chi connectivity index (χ0v) is 21.1. The number of hydrogen-bond acceptors (Lipinski definition) is 4. The maximum absolute atomic E-state index is 12.1. The summed E-state index contributed by atoms with van der Waals surface area (Å²) in [6.07, 6.45) is 8.70. The Morgan fingerprint density at radius 1 is 1.09 bits per heavy atom. The minimum absolute atomic E-state index is 0. The molecule has 180 valence electrons. The van der Waals surface area contributed by atoms with E-state index < -0.39 is 0 Å². The van der Waals surface area contributed by atoms with Crippen LogP contribution in [0.15, 0.2) is 18.2 Å². The number of carbonyl (C=O) groups excluding carboxylic acids is 1. The van der Waals surface area contributed by atoms with Crippen molar-refractivity contribution >= 4 is 18.3 Å². The molecular formula is C26H41ClN2O3. The normalized spacial score (nSPS) is 29.2. The molecule has 4 saturated carbocycles. The molecule has 0 radical (unpaired) electrons. The van der Waals surface area contributed by atoms with Crippen molar-refractivity contribution in [3.8, 4) is 11.5 Å². The highest BCUT2D eigenvalue weighted by Crippen LogP contribution is 2.61. The smallest absolute Gasteiger partial charge is 0.258 e. The maximum atomic E-state index is 12.1. The minimum atomic E-state index is -0.270. The molecule has 0 aliphatic heterocycles. The van der Waals surface area contributed by atoms with E-state index >= 15 is 0 Å². The summed E-state index contributed by atoms with van der Waals surface area (Å²) in [4.78, 5) is 12.1. The van der Waals surface area contributed by atoms with E-state index in [-0.39, 0.29) is 30.5 Å². The fraction of sp³-hybridized carbons (Fsp3) is 0.731. The van der Waals surface area contributed by atoms with Gasteiger partial charge < -0.3 is 20.1 Å². The molecule has 4 fully saturated rings. The van der Waals surface area contributed by atoms with Crippen molar-refractivity contribution in [1.82, 2.24) is 10.6 Å². The van der Waals surface area contributed by atoms with Gasteiger partial charge in [0.05, 0.1) is 7.11 Å². The molecule has 5 nitrogen and oxygen atoms in total. The van der Waals surface area contributed by atoms with Crippen LogP contribution >= 0.6 is 12.4 Å². The highest BCUT2D eigenvalue weighted by Gasteiger charge is 2.52. The van der Waals surface area contributed by atoms with Gasteiger partial charge in [0.15, 0.2) is 18.1 Å².